The number of aromatic nitrogens is 16. The van der Waals surface area contributed by atoms with Crippen molar-refractivity contribution in [2.75, 3.05) is 39.0 Å². The summed E-state index contributed by atoms with van der Waals surface area (Å²) in [5.41, 5.74) is 7.02. The van der Waals surface area contributed by atoms with Gasteiger partial charge in [0, 0.05) is 148 Å². The largest absolute Gasteiger partial charge is 0.481 e. The van der Waals surface area contributed by atoms with Crippen molar-refractivity contribution in [2.24, 2.45) is 0 Å². The number of nitriles is 1. The second-order valence-electron chi connectivity index (χ2n) is 29.5. The molecule has 0 radical (unpaired) electrons. The molecule has 10 aromatic heterocycles. The van der Waals surface area contributed by atoms with Crippen LogP contribution in [0.3, 0.4) is 0 Å². The van der Waals surface area contributed by atoms with Gasteiger partial charge in [0.25, 0.3) is 35.4 Å². The molecule has 0 aliphatic carbocycles. The Labute approximate surface area is 825 Å². The number of thiazole rings is 1. The van der Waals surface area contributed by atoms with Gasteiger partial charge in [-0.05, 0) is 135 Å². The first-order valence-corrected chi connectivity index (χ1v) is 43.1. The lowest BCUT2D eigenvalue weighted by atomic mass is 10.1. The Morgan fingerprint density at radius 1 is 0.310 bits per heavy atom. The van der Waals surface area contributed by atoms with Gasteiger partial charge in [-0.1, -0.05) is 35.7 Å². The molecule has 6 N–H and O–H groups in total. The topological polar surface area (TPSA) is 469 Å². The quantitative estimate of drug-likeness (QED) is 0.0229. The molecule has 720 valence electrons. The van der Waals surface area contributed by atoms with Gasteiger partial charge in [0.1, 0.15) is 119 Å². The number of aryl methyl sites for hydroxylation is 3. The number of pyridine rings is 3. The first kappa shape index (κ1) is 102. The van der Waals surface area contributed by atoms with Gasteiger partial charge in [0.2, 0.25) is 5.88 Å². The summed E-state index contributed by atoms with van der Waals surface area (Å²) in [5.74, 6) is 1.32. The molecule has 145 heavy (non-hydrogen) atoms. The number of terminal acetylenes is 1. The Morgan fingerprint density at radius 2 is 0.621 bits per heavy atom. The van der Waals surface area contributed by atoms with E-state index in [2.05, 4.69) is 118 Å². The number of hydrogen-bond acceptors (Lipinski definition) is 31. The molecule has 6 amide bonds. The molecule has 0 saturated heterocycles. The minimum atomic E-state index is -0.566. The smallest absolute Gasteiger partial charge is 0.284 e. The zero-order chi connectivity index (χ0) is 102. The maximum Gasteiger partial charge on any atom is 0.284 e. The van der Waals surface area contributed by atoms with Crippen molar-refractivity contribution in [3.8, 4) is 93.3 Å². The molecule has 0 saturated carbocycles. The van der Waals surface area contributed by atoms with Crippen LogP contribution < -0.4 is 65.1 Å². The van der Waals surface area contributed by atoms with Crippen LogP contribution in [0.25, 0.3) is 0 Å². The number of halogens is 5. The number of carbonyl (C=O) groups excluding carboxylic acids is 6. The number of amides is 6. The van der Waals surface area contributed by atoms with Crippen LogP contribution in [0.4, 0.5) is 56.1 Å². The number of methoxy groups -OCH3 is 1. The van der Waals surface area contributed by atoms with Crippen LogP contribution in [-0.2, 0) is 0 Å². The maximum absolute atomic E-state index is 13.8. The van der Waals surface area contributed by atoms with Gasteiger partial charge in [-0.3, -0.25) is 38.7 Å². The molecule has 0 fully saturated rings. The van der Waals surface area contributed by atoms with E-state index in [1.165, 1.54) is 234 Å². The van der Waals surface area contributed by atoms with Crippen LogP contribution in [0.2, 0.25) is 0 Å². The van der Waals surface area contributed by atoms with E-state index in [1.54, 1.807) is 115 Å². The predicted molar refractivity (Wildman–Crippen MR) is 520 cm³/mol. The van der Waals surface area contributed by atoms with Gasteiger partial charge in [-0.15, -0.1) is 17.8 Å². The van der Waals surface area contributed by atoms with E-state index in [1.807, 2.05) is 32.9 Å². The fraction of sp³-hybridized carbons (Fsp3) is 0.0388. The van der Waals surface area contributed by atoms with E-state index in [4.69, 9.17) is 39.6 Å². The second kappa shape index (κ2) is 51.6. The number of carbonyl (C=O) groups is 6. The van der Waals surface area contributed by atoms with E-state index >= 15 is 0 Å². The van der Waals surface area contributed by atoms with Crippen molar-refractivity contribution in [3.63, 3.8) is 0 Å². The lowest BCUT2D eigenvalue weighted by molar-refractivity contribution is 0.101. The van der Waals surface area contributed by atoms with Crippen LogP contribution in [0.15, 0.2) is 336 Å². The molecule has 8 aromatic carbocycles. The number of rotatable bonds is 25. The summed E-state index contributed by atoms with van der Waals surface area (Å²) >= 11 is 1.20. The predicted octanol–water partition coefficient (Wildman–Crippen LogP) is 20.3. The average molecular weight is 1970 g/mol. The highest BCUT2D eigenvalue weighted by Crippen LogP contribution is 2.33. The van der Waals surface area contributed by atoms with Crippen LogP contribution in [-0.4, -0.2) is 122 Å². The fourth-order valence-corrected chi connectivity index (χ4v) is 12.7. The lowest BCUT2D eigenvalue weighted by Crippen LogP contribution is -2.14. The molecule has 0 atom stereocenters. The third kappa shape index (κ3) is 33.1. The number of benzene rings is 8. The van der Waals surface area contributed by atoms with Crippen LogP contribution in [0, 0.1) is 73.5 Å². The Balaban J connectivity index is 0.000000146. The third-order valence-electron chi connectivity index (χ3n) is 18.2. The normalized spacial score (nSPS) is 10.1. The van der Waals surface area contributed by atoms with Gasteiger partial charge >= 0.3 is 0 Å². The summed E-state index contributed by atoms with van der Waals surface area (Å²) in [7, 11) is 1.45. The average Bonchev–Trinajstić information content (AvgIpc) is 1.08. The Morgan fingerprint density at radius 3 is 0.945 bits per heavy atom. The van der Waals surface area contributed by atoms with Gasteiger partial charge in [-0.2, -0.15) is 5.26 Å². The summed E-state index contributed by atoms with van der Waals surface area (Å²) in [6.07, 6.45) is 35.6. The van der Waals surface area contributed by atoms with Crippen LogP contribution in [0.5, 0.6) is 74.9 Å². The Hall–Kier alpha value is -20.6. The second-order valence-corrected chi connectivity index (χ2v) is 30.3. The molecule has 0 spiro atoms. The fourth-order valence-electron chi connectivity index (χ4n) is 12.1. The standard InChI is InChI=1S/C19H12FN3O2.C18H14FN3O2.C18H13N5O2.C17H13FN4O3.C17H13FN4O2.C14H9FN4O2S/c1-2-13-4-3-5-14(6-13)19(24)23-16-7-15(20)8-17(9-16)25-18-10-21-12-22-11-18;1-12-3-2-4-13(5-12)18(23)22-15-6-14(19)7-16(8-15)24-17-9-20-11-21-10-17;1-12-2-3-22-17(4-12)18(24)23-14-5-13(8-19)6-15(7-14)25-16-9-20-11-21-10-16;1-24-16-4-2-3-15(22-16)17(23)21-12-5-11(18)6-13(7-12)25-14-8-19-10-20-9-14;1-11-2-3-21-16(4-11)17(23)22-13-5-12(18)6-14(7-13)24-15-8-19-10-20-9-15;15-9-3-10(19-13(20)14-18-1-2-22-14)5-11(4-9)21-12-6-16-8-17-7-12/h1,3-12H,(H,23,24);2-11H,1H3,(H,22,23);2-7,9-11H,1H3,(H,23,24);2-10H,1H3,(H,21,23);2-10H,1H3,(H,22,23);1-8H,(H,19,20). The van der Waals surface area contributed by atoms with Crippen molar-refractivity contribution in [1.82, 2.24) is 79.7 Å². The molecule has 36 nitrogen and oxygen atoms in total. The molecule has 10 heterocycles. The lowest BCUT2D eigenvalue weighted by Gasteiger charge is -2.09. The molecular formula is C103H74F5N23O13S. The highest BCUT2D eigenvalue weighted by atomic mass is 32.1. The van der Waals surface area contributed by atoms with E-state index in [-0.39, 0.29) is 74.7 Å². The molecule has 42 heteroatoms. The van der Waals surface area contributed by atoms with Crippen molar-refractivity contribution >= 4 is 80.9 Å². The number of hydrogen-bond donors (Lipinski definition) is 6. The molecule has 0 aliphatic heterocycles. The molecule has 0 bridgehead atoms. The van der Waals surface area contributed by atoms with Crippen LogP contribution in [0.1, 0.15) is 89.8 Å². The van der Waals surface area contributed by atoms with E-state index in [0.717, 1.165) is 16.7 Å². The van der Waals surface area contributed by atoms with Crippen molar-refractivity contribution in [3.05, 3.63) is 427 Å². The van der Waals surface area contributed by atoms with Crippen molar-refractivity contribution in [1.29, 1.82) is 5.26 Å². The molecule has 18 aromatic rings. The number of ether oxygens (including phenoxy) is 7. The van der Waals surface area contributed by atoms with Crippen molar-refractivity contribution < 1.29 is 83.9 Å². The van der Waals surface area contributed by atoms with E-state index in [0.29, 0.717) is 90.5 Å². The molecule has 18 rings (SSSR count). The maximum atomic E-state index is 13.8. The summed E-state index contributed by atoms with van der Waals surface area (Å²) in [6, 6.07) is 51.7. The highest BCUT2D eigenvalue weighted by molar-refractivity contribution is 7.11. The summed E-state index contributed by atoms with van der Waals surface area (Å²) in [6.45, 7) is 5.63. The molecule has 0 aliphatic rings. The zero-order valence-corrected chi connectivity index (χ0v) is 76.9. The Kier molecular flexibility index (Phi) is 36.2. The van der Waals surface area contributed by atoms with E-state index < -0.39 is 52.7 Å². The summed E-state index contributed by atoms with van der Waals surface area (Å²) in [5, 5.41) is 26.9. The van der Waals surface area contributed by atoms with Crippen molar-refractivity contribution in [2.45, 2.75) is 20.8 Å². The number of anilines is 6. The van der Waals surface area contributed by atoms with Crippen LogP contribution >= 0.6 is 11.3 Å². The van der Waals surface area contributed by atoms with E-state index in [9.17, 15) is 56.0 Å². The zero-order valence-electron chi connectivity index (χ0n) is 76.0. The van der Waals surface area contributed by atoms with Gasteiger partial charge in [0.05, 0.1) is 93.1 Å². The highest BCUT2D eigenvalue weighted by Gasteiger charge is 2.19. The van der Waals surface area contributed by atoms with Gasteiger partial charge in [0.15, 0.2) is 39.5 Å². The SMILES string of the molecule is C#Cc1cccc(C(=O)Nc2cc(F)cc(Oc3cncnc3)c2)c1.COc1cccc(C(=O)Nc2cc(F)cc(Oc3cncnc3)c2)n1.Cc1cccc(C(=O)Nc2cc(F)cc(Oc3cncnc3)c2)c1.Cc1ccnc(C(=O)Nc2cc(C#N)cc(Oc3cncnc3)c2)c1.Cc1ccnc(C(=O)Nc2cc(F)cc(Oc3cncnc3)c2)c1.O=C(Nc1cc(F)cc(Oc2cncnc2)c1)c1nccs1. The summed E-state index contributed by atoms with van der Waals surface area (Å²) in [4.78, 5) is 135. The summed E-state index contributed by atoms with van der Waals surface area (Å²) < 4.78 is 107. The first-order valence-electron chi connectivity index (χ1n) is 42.2. The first-order chi connectivity index (χ1) is 70.3. The Bertz CT molecular complexity index is 7480. The molecular weight excluding hydrogens is 1890 g/mol. The third-order valence-corrected chi connectivity index (χ3v) is 19.0. The minimum Gasteiger partial charge on any atom is -0.481 e. The monoisotopic (exact) mass is 1970 g/mol. The minimum absolute atomic E-state index is 0.141. The number of nitrogens with zero attached hydrogens (tertiary/aromatic N) is 17. The molecule has 0 unspecified atom stereocenters. The van der Waals surface area contributed by atoms with Gasteiger partial charge < -0.3 is 65.1 Å². The van der Waals surface area contributed by atoms with Gasteiger partial charge in [-0.25, -0.2) is 91.7 Å². The number of nitrogens with one attached hydrogen (secondary N) is 6.